The summed E-state index contributed by atoms with van der Waals surface area (Å²) in [4.78, 5) is 24.3. The molecule has 0 saturated carbocycles. The van der Waals surface area contributed by atoms with Gasteiger partial charge in [-0.2, -0.15) is 5.10 Å². The van der Waals surface area contributed by atoms with Crippen LogP contribution >= 0.6 is 0 Å². The molecule has 0 aliphatic carbocycles. The third-order valence-electron chi connectivity index (χ3n) is 4.89. The van der Waals surface area contributed by atoms with E-state index in [9.17, 15) is 9.59 Å². The van der Waals surface area contributed by atoms with Gasteiger partial charge in [0.2, 0.25) is 5.91 Å². The van der Waals surface area contributed by atoms with Crippen molar-refractivity contribution >= 4 is 18.1 Å². The number of carbonyl (C=O) groups excluding carboxylic acids is 2. The third-order valence-corrected chi connectivity index (χ3v) is 4.89. The van der Waals surface area contributed by atoms with E-state index >= 15 is 0 Å². The Morgan fingerprint density at radius 2 is 1.62 bits per heavy atom. The normalized spacial score (nSPS) is 10.8. The second-order valence-corrected chi connectivity index (χ2v) is 7.56. The van der Waals surface area contributed by atoms with Gasteiger partial charge < -0.3 is 9.47 Å². The number of benzene rings is 2. The average Bonchev–Trinajstić information content (AvgIpc) is 2.81. The first-order valence-electron chi connectivity index (χ1n) is 11.5. The van der Waals surface area contributed by atoms with Crippen LogP contribution in [0.1, 0.15) is 81.1 Å². The van der Waals surface area contributed by atoms with E-state index in [-0.39, 0.29) is 5.91 Å². The minimum absolute atomic E-state index is 0.0896. The van der Waals surface area contributed by atoms with Crippen LogP contribution in [0.4, 0.5) is 0 Å². The number of hydrogen-bond donors (Lipinski definition) is 1. The summed E-state index contributed by atoms with van der Waals surface area (Å²) in [5, 5.41) is 4.03. The molecule has 1 N–H and O–H groups in total. The summed E-state index contributed by atoms with van der Waals surface area (Å²) < 4.78 is 11.1. The van der Waals surface area contributed by atoms with Crippen molar-refractivity contribution in [2.24, 2.45) is 5.10 Å². The van der Waals surface area contributed by atoms with Gasteiger partial charge in [0, 0.05) is 6.42 Å². The van der Waals surface area contributed by atoms with Crippen LogP contribution in [0, 0.1) is 0 Å². The van der Waals surface area contributed by atoms with Gasteiger partial charge in [0.25, 0.3) is 0 Å². The van der Waals surface area contributed by atoms with Crippen LogP contribution in [0.25, 0.3) is 0 Å². The maximum Gasteiger partial charge on any atom is 0.343 e. The predicted octanol–water partition coefficient (Wildman–Crippen LogP) is 5.90. The highest BCUT2D eigenvalue weighted by atomic mass is 16.6. The zero-order valence-corrected chi connectivity index (χ0v) is 19.1. The maximum absolute atomic E-state index is 12.3. The predicted molar refractivity (Wildman–Crippen MR) is 127 cm³/mol. The molecular weight excluding hydrogens is 404 g/mol. The summed E-state index contributed by atoms with van der Waals surface area (Å²) in [5.41, 5.74) is 3.75. The van der Waals surface area contributed by atoms with Crippen LogP contribution in [0.2, 0.25) is 0 Å². The number of carbonyl (C=O) groups is 2. The number of ether oxygens (including phenoxy) is 2. The maximum atomic E-state index is 12.3. The van der Waals surface area contributed by atoms with Crippen molar-refractivity contribution < 1.29 is 19.1 Å². The Kier molecular flexibility index (Phi) is 11.6. The lowest BCUT2D eigenvalue weighted by Crippen LogP contribution is -2.16. The molecule has 2 aromatic carbocycles. The third kappa shape index (κ3) is 9.33. The van der Waals surface area contributed by atoms with E-state index in [2.05, 4.69) is 17.5 Å². The molecule has 0 fully saturated rings. The summed E-state index contributed by atoms with van der Waals surface area (Å²) in [7, 11) is 0. The fourth-order valence-corrected chi connectivity index (χ4v) is 3.17. The number of hydrogen-bond acceptors (Lipinski definition) is 5. The Hall–Kier alpha value is -3.15. The molecule has 0 unspecified atom stereocenters. The Bertz CT molecular complexity index is 865. The summed E-state index contributed by atoms with van der Waals surface area (Å²) in [6.07, 6.45) is 10.2. The fourth-order valence-electron chi connectivity index (χ4n) is 3.17. The van der Waals surface area contributed by atoms with Crippen molar-refractivity contribution in [3.8, 4) is 11.5 Å². The number of amides is 1. The first kappa shape index (κ1) is 25.1. The summed E-state index contributed by atoms with van der Waals surface area (Å²) in [5.74, 6) is 0.231. The number of esters is 1. The topological polar surface area (TPSA) is 77.0 Å². The highest BCUT2D eigenvalue weighted by Gasteiger charge is 2.13. The molecule has 0 heterocycles. The van der Waals surface area contributed by atoms with Crippen molar-refractivity contribution in [3.63, 3.8) is 0 Å². The molecule has 1 amide bonds. The first-order valence-corrected chi connectivity index (χ1v) is 11.5. The number of hydrazone groups is 1. The van der Waals surface area contributed by atoms with E-state index in [4.69, 9.17) is 9.47 Å². The average molecular weight is 439 g/mol. The van der Waals surface area contributed by atoms with Crippen molar-refractivity contribution in [2.75, 3.05) is 6.61 Å². The van der Waals surface area contributed by atoms with Gasteiger partial charge in [-0.15, -0.1) is 0 Å². The van der Waals surface area contributed by atoms with Gasteiger partial charge in [-0.3, -0.25) is 4.79 Å². The highest BCUT2D eigenvalue weighted by Crippen LogP contribution is 2.29. The van der Waals surface area contributed by atoms with Crippen LogP contribution in [-0.2, 0) is 4.79 Å². The molecule has 0 spiro atoms. The van der Waals surface area contributed by atoms with Crippen LogP contribution < -0.4 is 14.9 Å². The summed E-state index contributed by atoms with van der Waals surface area (Å²) in [6, 6.07) is 13.9. The lowest BCUT2D eigenvalue weighted by Gasteiger charge is -2.11. The lowest BCUT2D eigenvalue weighted by molar-refractivity contribution is -0.121. The van der Waals surface area contributed by atoms with E-state index in [1.807, 2.05) is 13.0 Å². The van der Waals surface area contributed by atoms with Gasteiger partial charge in [-0.1, -0.05) is 63.6 Å². The smallest absolute Gasteiger partial charge is 0.343 e. The van der Waals surface area contributed by atoms with Crippen molar-refractivity contribution in [1.29, 1.82) is 0 Å². The number of rotatable bonds is 14. The molecule has 0 bridgehead atoms. The van der Waals surface area contributed by atoms with Gasteiger partial charge >= 0.3 is 5.97 Å². The Balaban J connectivity index is 1.84. The van der Waals surface area contributed by atoms with Crippen LogP contribution in [-0.4, -0.2) is 24.7 Å². The van der Waals surface area contributed by atoms with E-state index in [0.717, 1.165) is 18.4 Å². The number of nitrogens with zero attached hydrogens (tertiary/aromatic N) is 1. The molecule has 0 atom stereocenters. The second-order valence-electron chi connectivity index (χ2n) is 7.56. The van der Waals surface area contributed by atoms with E-state index in [0.29, 0.717) is 30.1 Å². The van der Waals surface area contributed by atoms with Gasteiger partial charge in [0.1, 0.15) is 0 Å². The summed E-state index contributed by atoms with van der Waals surface area (Å²) >= 11 is 0. The van der Waals surface area contributed by atoms with Gasteiger partial charge in [-0.25, -0.2) is 10.2 Å². The van der Waals surface area contributed by atoms with Gasteiger partial charge in [0.15, 0.2) is 11.5 Å². The van der Waals surface area contributed by atoms with Gasteiger partial charge in [-0.05, 0) is 49.2 Å². The van der Waals surface area contributed by atoms with Crippen LogP contribution in [0.3, 0.4) is 0 Å². The number of unbranched alkanes of at least 4 members (excludes halogenated alkanes) is 6. The molecule has 0 aliphatic heterocycles. The molecule has 2 aromatic rings. The Labute approximate surface area is 191 Å². The molecular formula is C26H34N2O4. The quantitative estimate of drug-likeness (QED) is 0.131. The zero-order valence-electron chi connectivity index (χ0n) is 19.1. The number of nitrogens with one attached hydrogen (secondary N) is 1. The largest absolute Gasteiger partial charge is 0.490 e. The highest BCUT2D eigenvalue weighted by molar-refractivity contribution is 5.91. The first-order chi connectivity index (χ1) is 15.6. The molecule has 0 radical (unpaired) electrons. The molecule has 0 aromatic heterocycles. The van der Waals surface area contributed by atoms with E-state index in [1.54, 1.807) is 48.7 Å². The standard InChI is InChI=1S/C26H34N2O4/c1-3-5-6-7-8-9-13-16-25(29)28-27-20-21-17-18-23(24(19-21)31-4-2)32-26(30)22-14-11-10-12-15-22/h10-12,14-15,17-20H,3-9,13,16H2,1-2H3,(H,28,29)/b27-20-. The fraction of sp³-hybridized carbons (Fsp3) is 0.423. The SMILES string of the molecule is CCCCCCCCCC(=O)N/N=C\c1ccc(OC(=O)c2ccccc2)c(OCC)c1. The van der Waals surface area contributed by atoms with Crippen LogP contribution in [0.15, 0.2) is 53.6 Å². The monoisotopic (exact) mass is 438 g/mol. The zero-order chi connectivity index (χ0) is 23.0. The molecule has 6 heteroatoms. The van der Waals surface area contributed by atoms with Crippen molar-refractivity contribution in [3.05, 3.63) is 59.7 Å². The van der Waals surface area contributed by atoms with Crippen molar-refractivity contribution in [2.45, 2.75) is 65.2 Å². The molecule has 0 aliphatic rings. The van der Waals surface area contributed by atoms with Gasteiger partial charge in [0.05, 0.1) is 18.4 Å². The summed E-state index contributed by atoms with van der Waals surface area (Å²) in [6.45, 7) is 4.48. The lowest BCUT2D eigenvalue weighted by atomic mass is 10.1. The molecule has 0 saturated heterocycles. The minimum atomic E-state index is -0.453. The molecule has 6 nitrogen and oxygen atoms in total. The molecule has 2 rings (SSSR count). The van der Waals surface area contributed by atoms with Crippen molar-refractivity contribution in [1.82, 2.24) is 5.43 Å². The Morgan fingerprint density at radius 1 is 0.906 bits per heavy atom. The van der Waals surface area contributed by atoms with E-state index in [1.165, 1.54) is 32.1 Å². The second kappa shape index (κ2) is 14.8. The molecule has 172 valence electrons. The Morgan fingerprint density at radius 3 is 2.34 bits per heavy atom. The van der Waals surface area contributed by atoms with Crippen LogP contribution in [0.5, 0.6) is 11.5 Å². The molecule has 32 heavy (non-hydrogen) atoms. The van der Waals surface area contributed by atoms with E-state index < -0.39 is 5.97 Å². The minimum Gasteiger partial charge on any atom is -0.490 e.